The van der Waals surface area contributed by atoms with E-state index in [-0.39, 0.29) is 5.41 Å². The number of allylic oxidation sites excluding steroid dienone is 4. The predicted molar refractivity (Wildman–Crippen MR) is 100 cm³/mol. The molecule has 1 saturated carbocycles. The third-order valence-electron chi connectivity index (χ3n) is 7.55. The average molecular weight is 334 g/mol. The minimum atomic E-state index is -0.609. The fourth-order valence-electron chi connectivity index (χ4n) is 6.15. The maximum Gasteiger partial charge on any atom is 0.0974 e. The molecule has 0 saturated heterocycles. The van der Waals surface area contributed by atoms with Crippen LogP contribution in [-0.4, -0.2) is 0 Å². The van der Waals surface area contributed by atoms with Crippen LogP contribution in [0.3, 0.4) is 0 Å². The standard InChI is InChI=1S/C24H18N2/c1-21-19(15-25)13-24(18-11-7-4-8-12-18)22(21,2)23(24,16-26)14-20(21)17-9-5-3-6-10-17/h3-14H,1-2H3/t21?,22?,23-,24?/m0/s1. The van der Waals surface area contributed by atoms with Crippen LogP contribution in [0.15, 0.2) is 78.4 Å². The summed E-state index contributed by atoms with van der Waals surface area (Å²) in [5, 5.41) is 20.3. The Morgan fingerprint density at radius 1 is 0.808 bits per heavy atom. The molecule has 1 fully saturated rings. The summed E-state index contributed by atoms with van der Waals surface area (Å²) in [6.45, 7) is 4.34. The average Bonchev–Trinajstić information content (AvgIpc) is 3.01. The van der Waals surface area contributed by atoms with Gasteiger partial charge in [0.05, 0.1) is 17.6 Å². The van der Waals surface area contributed by atoms with Crippen LogP contribution in [0.4, 0.5) is 0 Å². The minimum absolute atomic E-state index is 0.348. The predicted octanol–water partition coefficient (Wildman–Crippen LogP) is 5.02. The Labute approximate surface area is 153 Å². The second kappa shape index (κ2) is 4.35. The zero-order chi connectivity index (χ0) is 18.2. The first-order chi connectivity index (χ1) is 12.5. The van der Waals surface area contributed by atoms with Gasteiger partial charge in [0, 0.05) is 21.8 Å². The van der Waals surface area contributed by atoms with E-state index in [0.717, 1.165) is 22.3 Å². The fraction of sp³-hybridized carbons (Fsp3) is 0.250. The van der Waals surface area contributed by atoms with Crippen molar-refractivity contribution >= 4 is 5.57 Å². The normalized spacial score (nSPS) is 38.6. The molecular formula is C24H18N2. The van der Waals surface area contributed by atoms with E-state index in [0.29, 0.717) is 0 Å². The summed E-state index contributed by atoms with van der Waals surface area (Å²) in [7, 11) is 0. The van der Waals surface area contributed by atoms with Crippen molar-refractivity contribution in [3.63, 3.8) is 0 Å². The fourth-order valence-corrected chi connectivity index (χ4v) is 6.15. The Kier molecular flexibility index (Phi) is 2.54. The molecule has 124 valence electrons. The second-order valence-corrected chi connectivity index (χ2v) is 7.94. The van der Waals surface area contributed by atoms with Gasteiger partial charge in [-0.05, 0) is 16.7 Å². The van der Waals surface area contributed by atoms with Crippen LogP contribution in [0.25, 0.3) is 5.57 Å². The lowest BCUT2D eigenvalue weighted by molar-refractivity contribution is 0.310. The summed E-state index contributed by atoms with van der Waals surface area (Å²) in [4.78, 5) is 0. The number of hydrogen-bond donors (Lipinski definition) is 0. The van der Waals surface area contributed by atoms with Crippen molar-refractivity contribution in [2.45, 2.75) is 19.3 Å². The molecule has 2 aromatic carbocycles. The molecule has 0 aromatic heterocycles. The molecule has 0 bridgehead atoms. The largest absolute Gasteiger partial charge is 0.197 e. The van der Waals surface area contributed by atoms with Crippen molar-refractivity contribution in [3.05, 3.63) is 89.5 Å². The van der Waals surface area contributed by atoms with Gasteiger partial charge in [-0.15, -0.1) is 0 Å². The monoisotopic (exact) mass is 334 g/mol. The van der Waals surface area contributed by atoms with Crippen molar-refractivity contribution in [2.75, 3.05) is 0 Å². The van der Waals surface area contributed by atoms with Gasteiger partial charge >= 0.3 is 0 Å². The maximum absolute atomic E-state index is 10.3. The van der Waals surface area contributed by atoms with Gasteiger partial charge in [0.25, 0.3) is 0 Å². The van der Waals surface area contributed by atoms with Crippen molar-refractivity contribution in [1.82, 2.24) is 0 Å². The van der Waals surface area contributed by atoms with Crippen molar-refractivity contribution in [2.24, 2.45) is 16.2 Å². The first kappa shape index (κ1) is 15.2. The van der Waals surface area contributed by atoms with E-state index in [4.69, 9.17) is 0 Å². The Morgan fingerprint density at radius 3 is 2.00 bits per heavy atom. The Morgan fingerprint density at radius 2 is 1.42 bits per heavy atom. The molecule has 2 aromatic rings. The first-order valence-electron chi connectivity index (χ1n) is 8.92. The van der Waals surface area contributed by atoms with Crippen LogP contribution in [0.5, 0.6) is 0 Å². The van der Waals surface area contributed by atoms with Crippen LogP contribution in [0.1, 0.15) is 25.0 Å². The zero-order valence-corrected chi connectivity index (χ0v) is 14.8. The van der Waals surface area contributed by atoms with Crippen LogP contribution in [0, 0.1) is 38.9 Å². The van der Waals surface area contributed by atoms with Gasteiger partial charge in [-0.3, -0.25) is 0 Å². The lowest BCUT2D eigenvalue weighted by Gasteiger charge is -2.34. The SMILES string of the molecule is CC12C(C#N)=CC3(c4ccccc4)C1(C)[C@@]3(C#N)C=C2c1ccccc1. The first-order valence-corrected chi connectivity index (χ1v) is 8.92. The van der Waals surface area contributed by atoms with Gasteiger partial charge in [-0.25, -0.2) is 0 Å². The molecule has 0 N–H and O–H groups in total. The third kappa shape index (κ3) is 1.18. The summed E-state index contributed by atoms with van der Waals surface area (Å²) < 4.78 is 0. The number of hydrogen-bond acceptors (Lipinski definition) is 2. The lowest BCUT2D eigenvalue weighted by Crippen LogP contribution is -2.29. The van der Waals surface area contributed by atoms with E-state index in [1.807, 2.05) is 36.4 Å². The van der Waals surface area contributed by atoms with Crippen LogP contribution >= 0.6 is 0 Å². The maximum atomic E-state index is 10.3. The molecule has 4 atom stereocenters. The van der Waals surface area contributed by atoms with Crippen molar-refractivity contribution in [1.29, 1.82) is 10.5 Å². The third-order valence-corrected chi connectivity index (χ3v) is 7.55. The molecule has 3 aliphatic carbocycles. The molecule has 5 rings (SSSR count). The van der Waals surface area contributed by atoms with Crippen molar-refractivity contribution in [3.8, 4) is 12.1 Å². The van der Waals surface area contributed by atoms with Gasteiger partial charge in [-0.1, -0.05) is 86.7 Å². The molecule has 0 aliphatic heterocycles. The summed E-state index contributed by atoms with van der Waals surface area (Å²) in [5.41, 5.74) is 2.28. The molecule has 2 nitrogen and oxygen atoms in total. The highest BCUT2D eigenvalue weighted by molar-refractivity contribution is 5.90. The Balaban J connectivity index is 1.85. The summed E-state index contributed by atoms with van der Waals surface area (Å²) in [6, 6.07) is 25.5. The van der Waals surface area contributed by atoms with Gasteiger partial charge in [0.1, 0.15) is 0 Å². The molecule has 0 heterocycles. The van der Waals surface area contributed by atoms with Gasteiger partial charge in [-0.2, -0.15) is 10.5 Å². The van der Waals surface area contributed by atoms with E-state index in [9.17, 15) is 10.5 Å². The summed E-state index contributed by atoms with van der Waals surface area (Å²) in [6.07, 6.45) is 4.26. The molecule has 3 unspecified atom stereocenters. The topological polar surface area (TPSA) is 47.6 Å². The van der Waals surface area contributed by atoms with Crippen molar-refractivity contribution < 1.29 is 0 Å². The second-order valence-electron chi connectivity index (χ2n) is 7.94. The van der Waals surface area contributed by atoms with E-state index < -0.39 is 16.2 Å². The highest BCUT2D eigenvalue weighted by Crippen LogP contribution is 2.94. The highest BCUT2D eigenvalue weighted by atomic mass is 14.9. The number of nitrogens with zero attached hydrogens (tertiary/aromatic N) is 2. The zero-order valence-electron chi connectivity index (χ0n) is 14.8. The molecule has 2 heteroatoms. The molecule has 0 amide bonds. The highest BCUT2D eigenvalue weighted by Gasteiger charge is 2.95. The Bertz CT molecular complexity index is 1080. The number of benzene rings is 2. The van der Waals surface area contributed by atoms with E-state index in [2.05, 4.69) is 62.4 Å². The number of rotatable bonds is 2. The molecule has 26 heavy (non-hydrogen) atoms. The van der Waals surface area contributed by atoms with E-state index in [1.54, 1.807) is 0 Å². The summed E-state index contributed by atoms with van der Waals surface area (Å²) in [5.74, 6) is 0. The molecule has 3 aliphatic rings. The number of nitriles is 2. The molecule has 0 radical (unpaired) electrons. The van der Waals surface area contributed by atoms with Gasteiger partial charge < -0.3 is 0 Å². The molecule has 0 spiro atoms. The van der Waals surface area contributed by atoms with Gasteiger partial charge in [0.2, 0.25) is 0 Å². The smallest absolute Gasteiger partial charge is 0.0974 e. The Hall–Kier alpha value is -3.10. The van der Waals surface area contributed by atoms with Crippen LogP contribution < -0.4 is 0 Å². The number of fused-ring (bicyclic) bond motifs is 1. The van der Waals surface area contributed by atoms with Crippen LogP contribution in [0.2, 0.25) is 0 Å². The van der Waals surface area contributed by atoms with Gasteiger partial charge in [0.15, 0.2) is 0 Å². The lowest BCUT2D eigenvalue weighted by atomic mass is 9.66. The minimum Gasteiger partial charge on any atom is -0.197 e. The van der Waals surface area contributed by atoms with Crippen LogP contribution in [-0.2, 0) is 5.41 Å². The van der Waals surface area contributed by atoms with E-state index in [1.165, 1.54) is 0 Å². The molecular weight excluding hydrogens is 316 g/mol. The quantitative estimate of drug-likeness (QED) is 0.774. The summed E-state index contributed by atoms with van der Waals surface area (Å²) >= 11 is 0. The van der Waals surface area contributed by atoms with E-state index >= 15 is 0 Å².